The summed E-state index contributed by atoms with van der Waals surface area (Å²) in [6, 6.07) is 10.1. The van der Waals surface area contributed by atoms with E-state index in [0.29, 0.717) is 12.6 Å². The first-order chi connectivity index (χ1) is 14.8. The summed E-state index contributed by atoms with van der Waals surface area (Å²) in [5.41, 5.74) is 0.475. The number of amides is 1. The molecule has 0 aliphatic carbocycles. The van der Waals surface area contributed by atoms with Gasteiger partial charge in [0.25, 0.3) is 0 Å². The molecule has 1 unspecified atom stereocenters. The summed E-state index contributed by atoms with van der Waals surface area (Å²) in [5, 5.41) is 9.92. The Bertz CT molecular complexity index is 679. The minimum absolute atomic E-state index is 0.231. The van der Waals surface area contributed by atoms with E-state index in [4.69, 9.17) is 4.74 Å². The third-order valence-electron chi connectivity index (χ3n) is 5.35. The quantitative estimate of drug-likeness (QED) is 0.432. The molecule has 1 atom stereocenters. The molecule has 0 radical (unpaired) electrons. The van der Waals surface area contributed by atoms with Crippen molar-refractivity contribution in [1.82, 2.24) is 20.9 Å². The predicted molar refractivity (Wildman–Crippen MR) is 127 cm³/mol. The number of rotatable bonds is 8. The van der Waals surface area contributed by atoms with Gasteiger partial charge in [-0.2, -0.15) is 0 Å². The number of nitrogens with one attached hydrogen (secondary N) is 3. The zero-order chi connectivity index (χ0) is 22.7. The number of piperidine rings is 1. The van der Waals surface area contributed by atoms with Crippen LogP contribution in [0.4, 0.5) is 4.79 Å². The number of hydrogen-bond acceptors (Lipinski definition) is 4. The van der Waals surface area contributed by atoms with Crippen molar-refractivity contribution in [2.75, 3.05) is 33.2 Å². The number of alkyl carbamates (subject to hydrolysis) is 1. The second kappa shape index (κ2) is 12.5. The van der Waals surface area contributed by atoms with E-state index in [9.17, 15) is 4.79 Å². The molecule has 0 aromatic heterocycles. The molecule has 2 rings (SSSR count). The van der Waals surface area contributed by atoms with Crippen LogP contribution in [0.15, 0.2) is 35.3 Å². The highest BCUT2D eigenvalue weighted by Crippen LogP contribution is 2.15. The van der Waals surface area contributed by atoms with Gasteiger partial charge in [0.2, 0.25) is 0 Å². The van der Waals surface area contributed by atoms with Gasteiger partial charge < -0.3 is 25.6 Å². The lowest BCUT2D eigenvalue weighted by molar-refractivity contribution is 0.0504. The van der Waals surface area contributed by atoms with Crippen LogP contribution in [-0.2, 0) is 4.74 Å². The number of carbonyl (C=O) groups is 1. The number of benzene rings is 1. The van der Waals surface area contributed by atoms with Gasteiger partial charge in [0, 0.05) is 32.7 Å². The molecular weight excluding hydrogens is 390 g/mol. The van der Waals surface area contributed by atoms with Crippen molar-refractivity contribution in [1.29, 1.82) is 0 Å². The Morgan fingerprint density at radius 1 is 1.23 bits per heavy atom. The van der Waals surface area contributed by atoms with Crippen molar-refractivity contribution in [3.8, 4) is 0 Å². The molecule has 0 spiro atoms. The topological polar surface area (TPSA) is 78.0 Å². The Balaban J connectivity index is 1.89. The maximum atomic E-state index is 12.4. The number of carbonyl (C=O) groups excluding carboxylic acids is 1. The van der Waals surface area contributed by atoms with Gasteiger partial charge in [-0.25, -0.2) is 4.79 Å². The molecule has 1 aromatic rings. The van der Waals surface area contributed by atoms with E-state index in [1.807, 2.05) is 51.1 Å². The van der Waals surface area contributed by atoms with Crippen molar-refractivity contribution in [2.45, 2.75) is 71.1 Å². The number of likely N-dealkylation sites (tertiary alicyclic amines) is 1. The summed E-state index contributed by atoms with van der Waals surface area (Å²) in [5.74, 6) is 0.763. The van der Waals surface area contributed by atoms with Crippen LogP contribution >= 0.6 is 0 Å². The van der Waals surface area contributed by atoms with E-state index >= 15 is 0 Å². The van der Waals surface area contributed by atoms with Gasteiger partial charge in [-0.05, 0) is 52.1 Å². The summed E-state index contributed by atoms with van der Waals surface area (Å²) in [6.45, 7) is 11.8. The highest BCUT2D eigenvalue weighted by molar-refractivity contribution is 5.80. The van der Waals surface area contributed by atoms with Crippen LogP contribution < -0.4 is 16.0 Å². The van der Waals surface area contributed by atoms with Crippen LogP contribution in [0.25, 0.3) is 0 Å². The minimum atomic E-state index is -0.539. The molecule has 1 saturated heterocycles. The van der Waals surface area contributed by atoms with E-state index in [1.165, 1.54) is 19.4 Å². The lowest BCUT2D eigenvalue weighted by Gasteiger charge is -2.33. The van der Waals surface area contributed by atoms with Crippen molar-refractivity contribution in [3.05, 3.63) is 35.9 Å². The third-order valence-corrected chi connectivity index (χ3v) is 5.35. The van der Waals surface area contributed by atoms with Gasteiger partial charge in [-0.1, -0.05) is 43.7 Å². The van der Waals surface area contributed by atoms with E-state index in [-0.39, 0.29) is 6.04 Å². The molecule has 1 aliphatic rings. The molecule has 31 heavy (non-hydrogen) atoms. The largest absolute Gasteiger partial charge is 0.444 e. The van der Waals surface area contributed by atoms with Crippen molar-refractivity contribution in [2.24, 2.45) is 4.99 Å². The van der Waals surface area contributed by atoms with Gasteiger partial charge in [-0.3, -0.25) is 4.99 Å². The first-order valence-electron chi connectivity index (χ1n) is 11.5. The first kappa shape index (κ1) is 25.0. The predicted octanol–water partition coefficient (Wildman–Crippen LogP) is 3.68. The fourth-order valence-electron chi connectivity index (χ4n) is 3.66. The average molecular weight is 432 g/mol. The number of hydrogen-bond donors (Lipinski definition) is 3. The van der Waals surface area contributed by atoms with Gasteiger partial charge in [0.05, 0.1) is 6.04 Å². The number of unbranched alkanes of at least 4 members (excludes halogenated alkanes) is 1. The van der Waals surface area contributed by atoms with Gasteiger partial charge in [-0.15, -0.1) is 0 Å². The summed E-state index contributed by atoms with van der Waals surface area (Å²) >= 11 is 0. The van der Waals surface area contributed by atoms with Crippen molar-refractivity contribution in [3.63, 3.8) is 0 Å². The molecule has 1 aromatic carbocycles. The normalized spacial score (nSPS) is 17.1. The van der Waals surface area contributed by atoms with Gasteiger partial charge in [0.1, 0.15) is 5.60 Å². The highest BCUT2D eigenvalue weighted by Gasteiger charge is 2.22. The molecule has 1 heterocycles. The van der Waals surface area contributed by atoms with E-state index < -0.39 is 11.7 Å². The second-order valence-corrected chi connectivity index (χ2v) is 9.18. The number of guanidine groups is 1. The zero-order valence-electron chi connectivity index (χ0n) is 19.9. The first-order valence-corrected chi connectivity index (χ1v) is 11.5. The molecule has 174 valence electrons. The Hall–Kier alpha value is -2.28. The zero-order valence-corrected chi connectivity index (χ0v) is 19.9. The van der Waals surface area contributed by atoms with Crippen molar-refractivity contribution >= 4 is 12.1 Å². The fraction of sp³-hybridized carbons (Fsp3) is 0.667. The monoisotopic (exact) mass is 431 g/mol. The van der Waals surface area contributed by atoms with E-state index in [1.54, 1.807) is 7.05 Å². The van der Waals surface area contributed by atoms with Crippen LogP contribution in [0.5, 0.6) is 0 Å². The standard InChI is InChI=1S/C24H41N5O2/c1-6-7-15-29-16-13-20(14-17-29)27-22(25-5)26-18-21(19-11-9-8-10-12-19)28-23(30)31-24(2,3)4/h8-12,20-21H,6-7,13-18H2,1-5H3,(H,28,30)(H2,25,26,27). The molecule has 3 N–H and O–H groups in total. The van der Waals surface area contributed by atoms with Crippen LogP contribution in [0, 0.1) is 0 Å². The van der Waals surface area contributed by atoms with Crippen molar-refractivity contribution < 1.29 is 9.53 Å². The summed E-state index contributed by atoms with van der Waals surface area (Å²) in [4.78, 5) is 19.3. The fourth-order valence-corrected chi connectivity index (χ4v) is 3.66. The van der Waals surface area contributed by atoms with Gasteiger partial charge in [0.15, 0.2) is 5.96 Å². The van der Waals surface area contributed by atoms with E-state index in [0.717, 1.165) is 37.5 Å². The number of aliphatic imine (C=N–C) groups is 1. The Morgan fingerprint density at radius 3 is 2.48 bits per heavy atom. The Kier molecular flexibility index (Phi) is 10.1. The maximum Gasteiger partial charge on any atom is 0.408 e. The second-order valence-electron chi connectivity index (χ2n) is 9.18. The summed E-state index contributed by atoms with van der Waals surface area (Å²) in [7, 11) is 1.78. The molecule has 0 bridgehead atoms. The van der Waals surface area contributed by atoms with Crippen LogP contribution in [-0.4, -0.2) is 61.8 Å². The lowest BCUT2D eigenvalue weighted by Crippen LogP contribution is -2.50. The number of ether oxygens (including phenoxy) is 1. The van der Waals surface area contributed by atoms with Gasteiger partial charge >= 0.3 is 6.09 Å². The summed E-state index contributed by atoms with van der Waals surface area (Å²) in [6.07, 6.45) is 4.32. The van der Waals surface area contributed by atoms with Crippen LogP contribution in [0.1, 0.15) is 65.0 Å². The smallest absolute Gasteiger partial charge is 0.408 e. The van der Waals surface area contributed by atoms with Crippen LogP contribution in [0.2, 0.25) is 0 Å². The Labute approximate surface area is 188 Å². The summed E-state index contributed by atoms with van der Waals surface area (Å²) < 4.78 is 5.45. The number of nitrogens with zero attached hydrogens (tertiary/aromatic N) is 2. The Morgan fingerprint density at radius 2 is 1.90 bits per heavy atom. The maximum absolute atomic E-state index is 12.4. The molecule has 7 heteroatoms. The SMILES string of the molecule is CCCCN1CCC(NC(=NC)NCC(NC(=O)OC(C)(C)C)c2ccccc2)CC1. The van der Waals surface area contributed by atoms with E-state index in [2.05, 4.69) is 32.8 Å². The molecule has 0 saturated carbocycles. The molecule has 1 amide bonds. The molecular formula is C24H41N5O2. The third kappa shape index (κ3) is 9.59. The van der Waals surface area contributed by atoms with Crippen LogP contribution in [0.3, 0.4) is 0 Å². The molecule has 7 nitrogen and oxygen atoms in total. The molecule has 1 fully saturated rings. The molecule has 1 aliphatic heterocycles. The lowest BCUT2D eigenvalue weighted by atomic mass is 10.0. The minimum Gasteiger partial charge on any atom is -0.444 e. The highest BCUT2D eigenvalue weighted by atomic mass is 16.6. The average Bonchev–Trinajstić information content (AvgIpc) is 2.74.